The van der Waals surface area contributed by atoms with Gasteiger partial charge in [-0.05, 0) is 11.6 Å². The topological polar surface area (TPSA) is 97.3 Å². The molecule has 3 N–H and O–H groups in total. The van der Waals surface area contributed by atoms with E-state index in [4.69, 9.17) is 4.74 Å². The van der Waals surface area contributed by atoms with E-state index < -0.39 is 6.03 Å². The third-order valence-electron chi connectivity index (χ3n) is 3.89. The third kappa shape index (κ3) is 3.75. The second-order valence-electron chi connectivity index (χ2n) is 5.64. The fourth-order valence-electron chi connectivity index (χ4n) is 2.57. The molecule has 0 aliphatic heterocycles. The van der Waals surface area contributed by atoms with Gasteiger partial charge in [-0.15, -0.1) is 0 Å². The largest absolute Gasteiger partial charge is 0.481 e. The van der Waals surface area contributed by atoms with Crippen LogP contribution in [0, 0.1) is 0 Å². The molecule has 3 rings (SSSR count). The number of benzene rings is 1. The summed E-state index contributed by atoms with van der Waals surface area (Å²) in [5, 5.41) is 3.45. The van der Waals surface area contributed by atoms with Crippen molar-refractivity contribution in [3.8, 4) is 5.88 Å². The normalized spacial score (nSPS) is 10.4. The van der Waals surface area contributed by atoms with Crippen LogP contribution >= 0.6 is 0 Å². The number of ether oxygens (including phenoxy) is 1. The number of hydrazine groups is 1. The average Bonchev–Trinajstić information content (AvgIpc) is 3.02. The Morgan fingerprint density at radius 3 is 2.69 bits per heavy atom. The molecule has 0 saturated heterocycles. The second-order valence-corrected chi connectivity index (χ2v) is 5.64. The Hall–Kier alpha value is -3.55. The minimum absolute atomic E-state index is 0.271. The summed E-state index contributed by atoms with van der Waals surface area (Å²) in [7, 11) is 3.40. The van der Waals surface area contributed by atoms with Gasteiger partial charge in [-0.1, -0.05) is 24.3 Å². The Labute approximate surface area is 150 Å². The Morgan fingerprint density at radius 1 is 1.15 bits per heavy atom. The number of aromatic nitrogens is 2. The second kappa shape index (κ2) is 7.56. The van der Waals surface area contributed by atoms with Crippen LogP contribution < -0.4 is 20.9 Å². The van der Waals surface area contributed by atoms with Gasteiger partial charge in [0.15, 0.2) is 0 Å². The van der Waals surface area contributed by atoms with Crippen molar-refractivity contribution in [2.75, 3.05) is 7.11 Å². The van der Waals surface area contributed by atoms with E-state index in [-0.39, 0.29) is 12.5 Å². The molecule has 3 aromatic rings. The highest BCUT2D eigenvalue weighted by Crippen LogP contribution is 2.19. The molecule has 8 heteroatoms. The van der Waals surface area contributed by atoms with Crippen molar-refractivity contribution in [2.45, 2.75) is 6.54 Å². The summed E-state index contributed by atoms with van der Waals surface area (Å²) in [5.41, 5.74) is 6.99. The molecule has 0 bridgehead atoms. The minimum Gasteiger partial charge on any atom is -0.481 e. The lowest BCUT2D eigenvalue weighted by atomic mass is 10.2. The molecule has 0 radical (unpaired) electrons. The molecule has 0 fully saturated rings. The molecule has 1 aromatic carbocycles. The Morgan fingerprint density at radius 2 is 1.96 bits per heavy atom. The molecule has 0 unspecified atom stereocenters. The number of nitrogens with one attached hydrogen (secondary N) is 3. The molecule has 26 heavy (non-hydrogen) atoms. The maximum Gasteiger partial charge on any atom is 0.333 e. The zero-order chi connectivity index (χ0) is 18.5. The number of hydrogen-bond acceptors (Lipinski definition) is 4. The number of hydrogen-bond donors (Lipinski definition) is 3. The number of carbonyl (C=O) groups excluding carboxylic acids is 2. The van der Waals surface area contributed by atoms with Crippen molar-refractivity contribution >= 4 is 22.8 Å². The van der Waals surface area contributed by atoms with Gasteiger partial charge in [0.2, 0.25) is 5.88 Å². The predicted octanol–water partition coefficient (Wildman–Crippen LogP) is 1.73. The number of pyridine rings is 1. The lowest BCUT2D eigenvalue weighted by molar-refractivity contribution is 0.0937. The number of carbonyl (C=O) groups is 2. The van der Waals surface area contributed by atoms with Gasteiger partial charge in [-0.25, -0.2) is 15.2 Å². The highest BCUT2D eigenvalue weighted by atomic mass is 16.5. The van der Waals surface area contributed by atoms with Crippen LogP contribution in [0.4, 0.5) is 4.79 Å². The van der Waals surface area contributed by atoms with Gasteiger partial charge in [0.25, 0.3) is 5.91 Å². The maximum absolute atomic E-state index is 12.3. The number of urea groups is 1. The van der Waals surface area contributed by atoms with Crippen LogP contribution in [0.3, 0.4) is 0 Å². The number of para-hydroxylation sites is 1. The molecular weight excluding hydrogens is 334 g/mol. The summed E-state index contributed by atoms with van der Waals surface area (Å²) in [6.45, 7) is 0.271. The quantitative estimate of drug-likeness (QED) is 0.622. The van der Waals surface area contributed by atoms with Crippen LogP contribution in [-0.4, -0.2) is 28.6 Å². The first-order chi connectivity index (χ1) is 12.6. The van der Waals surface area contributed by atoms with Crippen LogP contribution in [0.2, 0.25) is 0 Å². The third-order valence-corrected chi connectivity index (χ3v) is 3.89. The summed E-state index contributed by atoms with van der Waals surface area (Å²) < 4.78 is 6.84. The van der Waals surface area contributed by atoms with Gasteiger partial charge in [0.05, 0.1) is 12.7 Å². The van der Waals surface area contributed by atoms with E-state index >= 15 is 0 Å². The van der Waals surface area contributed by atoms with Gasteiger partial charge in [0.1, 0.15) is 0 Å². The average molecular weight is 353 g/mol. The first-order valence-electron chi connectivity index (χ1n) is 7.95. The van der Waals surface area contributed by atoms with Crippen molar-refractivity contribution < 1.29 is 14.3 Å². The fraction of sp³-hybridized carbons (Fsp3) is 0.167. The van der Waals surface area contributed by atoms with Crippen molar-refractivity contribution in [2.24, 2.45) is 7.05 Å². The summed E-state index contributed by atoms with van der Waals surface area (Å²) in [4.78, 5) is 28.2. The highest BCUT2D eigenvalue weighted by Gasteiger charge is 2.14. The molecule has 2 aromatic heterocycles. The number of nitrogens with zero attached hydrogens (tertiary/aromatic N) is 2. The van der Waals surface area contributed by atoms with Crippen LogP contribution in [0.25, 0.3) is 10.9 Å². The zero-order valence-corrected chi connectivity index (χ0v) is 14.4. The van der Waals surface area contributed by atoms with E-state index in [1.54, 1.807) is 24.5 Å². The summed E-state index contributed by atoms with van der Waals surface area (Å²) in [6.07, 6.45) is 3.33. The van der Waals surface area contributed by atoms with E-state index in [0.29, 0.717) is 11.4 Å². The van der Waals surface area contributed by atoms with E-state index in [0.717, 1.165) is 16.5 Å². The van der Waals surface area contributed by atoms with Crippen LogP contribution in [0.1, 0.15) is 15.9 Å². The summed E-state index contributed by atoms with van der Waals surface area (Å²) in [6, 6.07) is 10.5. The Bertz CT molecular complexity index is 934. The highest BCUT2D eigenvalue weighted by molar-refractivity contribution is 6.07. The number of aryl methyl sites for hydroxylation is 1. The van der Waals surface area contributed by atoms with Crippen molar-refractivity contribution in [1.82, 2.24) is 25.7 Å². The summed E-state index contributed by atoms with van der Waals surface area (Å²) in [5.74, 6) is 0.114. The smallest absolute Gasteiger partial charge is 0.333 e. The molecule has 3 amide bonds. The SMILES string of the molecule is COc1ccc(CNC(=O)NNC(=O)c2cn(C)c3ccccc23)cn1. The van der Waals surface area contributed by atoms with Crippen LogP contribution in [0.15, 0.2) is 48.8 Å². The number of amides is 3. The van der Waals surface area contributed by atoms with Crippen molar-refractivity contribution in [3.05, 3.63) is 59.9 Å². The first-order valence-corrected chi connectivity index (χ1v) is 7.95. The zero-order valence-electron chi connectivity index (χ0n) is 14.4. The van der Waals surface area contributed by atoms with Gasteiger partial charge >= 0.3 is 6.03 Å². The summed E-state index contributed by atoms with van der Waals surface area (Å²) >= 11 is 0. The first kappa shape index (κ1) is 17.3. The van der Waals surface area contributed by atoms with Crippen LogP contribution in [-0.2, 0) is 13.6 Å². The van der Waals surface area contributed by atoms with E-state index in [1.165, 1.54) is 7.11 Å². The molecule has 0 aliphatic rings. The minimum atomic E-state index is -0.519. The van der Waals surface area contributed by atoms with Crippen LogP contribution in [0.5, 0.6) is 5.88 Å². The van der Waals surface area contributed by atoms with E-state index in [2.05, 4.69) is 21.2 Å². The monoisotopic (exact) mass is 353 g/mol. The molecule has 2 heterocycles. The molecule has 0 aliphatic carbocycles. The van der Waals surface area contributed by atoms with Crippen molar-refractivity contribution in [3.63, 3.8) is 0 Å². The number of methoxy groups -OCH3 is 1. The van der Waals surface area contributed by atoms with Gasteiger partial charge in [0, 0.05) is 43.0 Å². The molecule has 0 spiro atoms. The number of rotatable bonds is 4. The Kier molecular flexibility index (Phi) is 5.02. The maximum atomic E-state index is 12.3. The lowest BCUT2D eigenvalue weighted by Gasteiger charge is -2.09. The Balaban J connectivity index is 1.54. The standard InChI is InChI=1S/C18H19N5O3/c1-23-11-14(13-5-3-4-6-15(13)23)17(24)21-22-18(25)20-10-12-7-8-16(26-2)19-9-12/h3-9,11H,10H2,1-2H3,(H,21,24)(H2,20,22,25). The van der Waals surface area contributed by atoms with Crippen molar-refractivity contribution in [1.29, 1.82) is 0 Å². The molecule has 0 atom stereocenters. The van der Waals surface area contributed by atoms with Gasteiger partial charge in [-0.3, -0.25) is 10.2 Å². The van der Waals surface area contributed by atoms with E-state index in [1.807, 2.05) is 35.9 Å². The fourth-order valence-corrected chi connectivity index (χ4v) is 2.57. The lowest BCUT2D eigenvalue weighted by Crippen LogP contribution is -2.46. The van der Waals surface area contributed by atoms with Gasteiger partial charge in [-0.2, -0.15) is 0 Å². The molecule has 134 valence electrons. The van der Waals surface area contributed by atoms with Gasteiger partial charge < -0.3 is 14.6 Å². The molecular formula is C18H19N5O3. The molecule has 8 nitrogen and oxygen atoms in total. The number of fused-ring (bicyclic) bond motifs is 1. The predicted molar refractivity (Wildman–Crippen MR) is 96.5 cm³/mol. The van der Waals surface area contributed by atoms with E-state index in [9.17, 15) is 9.59 Å². The molecule has 0 saturated carbocycles.